The van der Waals surface area contributed by atoms with E-state index in [2.05, 4.69) is 0 Å². The van der Waals surface area contributed by atoms with Crippen LogP contribution >= 0.6 is 47.0 Å². The van der Waals surface area contributed by atoms with Gasteiger partial charge in [-0.3, -0.25) is 0 Å². The summed E-state index contributed by atoms with van der Waals surface area (Å²) in [6.45, 7) is 2.91. The van der Waals surface area contributed by atoms with Gasteiger partial charge in [0, 0.05) is 12.8 Å². The molecule has 0 spiro atoms. The Balaban J connectivity index is 1.40. The molecule has 2 saturated heterocycles. The first-order valence-electron chi connectivity index (χ1n) is 6.56. The van der Waals surface area contributed by atoms with Gasteiger partial charge in [-0.15, -0.1) is 0 Å². The Kier molecular flexibility index (Phi) is 2.87. The predicted octanol–water partition coefficient (Wildman–Crippen LogP) is 3.48. The topological polar surface area (TPSA) is 36.9 Å². The number of ether oxygens (including phenoxy) is 4. The minimum absolute atomic E-state index is 0.124. The minimum Gasteiger partial charge on any atom is -0.483 e. The summed E-state index contributed by atoms with van der Waals surface area (Å²) in [5, 5.41) is 1.85. The molecule has 0 radical (unpaired) electrons. The highest BCUT2D eigenvalue weighted by atomic mass is 32.2. The van der Waals surface area contributed by atoms with E-state index >= 15 is 0 Å². The molecule has 20 heavy (non-hydrogen) atoms. The highest BCUT2D eigenvalue weighted by Crippen LogP contribution is 2.79. The highest BCUT2D eigenvalue weighted by molar-refractivity contribution is 8.33. The van der Waals surface area contributed by atoms with E-state index in [1.165, 1.54) is 8.47 Å². The summed E-state index contributed by atoms with van der Waals surface area (Å²) in [5.74, 6) is 0. The molecule has 5 aliphatic rings. The summed E-state index contributed by atoms with van der Waals surface area (Å²) < 4.78 is 26.0. The van der Waals surface area contributed by atoms with Crippen LogP contribution in [0.4, 0.5) is 0 Å². The minimum atomic E-state index is -0.124. The van der Waals surface area contributed by atoms with Gasteiger partial charge in [-0.25, -0.2) is 0 Å². The largest absolute Gasteiger partial charge is 0.483 e. The SMILES string of the molecule is C1COC2=C(OC1)SC(=C1SC34CC3(OCCO4)S1)S2. The molecule has 4 heterocycles. The molecule has 1 aliphatic carbocycles. The van der Waals surface area contributed by atoms with Crippen LogP contribution in [0, 0.1) is 0 Å². The molecule has 3 fully saturated rings. The molecular formula is C12H12O4S4. The summed E-state index contributed by atoms with van der Waals surface area (Å²) in [6, 6.07) is 0. The zero-order valence-corrected chi connectivity index (χ0v) is 13.8. The molecule has 0 aromatic heterocycles. The lowest BCUT2D eigenvalue weighted by Crippen LogP contribution is -2.30. The van der Waals surface area contributed by atoms with E-state index < -0.39 is 0 Å². The van der Waals surface area contributed by atoms with Crippen molar-refractivity contribution in [1.82, 2.24) is 0 Å². The summed E-state index contributed by atoms with van der Waals surface area (Å²) in [4.78, 5) is -0.248. The van der Waals surface area contributed by atoms with E-state index in [0.717, 1.165) is 36.2 Å². The van der Waals surface area contributed by atoms with E-state index in [4.69, 9.17) is 18.9 Å². The monoisotopic (exact) mass is 348 g/mol. The van der Waals surface area contributed by atoms with Gasteiger partial charge < -0.3 is 18.9 Å². The number of hydrogen-bond donors (Lipinski definition) is 0. The van der Waals surface area contributed by atoms with Crippen molar-refractivity contribution >= 4 is 47.0 Å². The van der Waals surface area contributed by atoms with Gasteiger partial charge in [-0.2, -0.15) is 0 Å². The standard InChI is InChI=1S/C12H12O4S4/c1-2-13-7-8(14-3-1)18-9(17-7)10-19-11-6-12(11,20-10)16-5-4-15-11/h1-6H2. The van der Waals surface area contributed by atoms with Gasteiger partial charge in [0.15, 0.2) is 9.87 Å². The molecule has 4 aliphatic heterocycles. The third-order valence-corrected chi connectivity index (χ3v) is 9.80. The van der Waals surface area contributed by atoms with Crippen LogP contribution in [0.5, 0.6) is 0 Å². The van der Waals surface area contributed by atoms with E-state index in [-0.39, 0.29) is 9.87 Å². The third kappa shape index (κ3) is 1.75. The average molecular weight is 348 g/mol. The second-order valence-corrected chi connectivity index (χ2v) is 10.0. The van der Waals surface area contributed by atoms with Crippen LogP contribution in [-0.4, -0.2) is 36.3 Å². The van der Waals surface area contributed by atoms with E-state index in [9.17, 15) is 0 Å². The normalized spacial score (nSPS) is 42.4. The molecule has 4 nitrogen and oxygen atoms in total. The zero-order chi connectivity index (χ0) is 13.2. The zero-order valence-electron chi connectivity index (χ0n) is 10.5. The maximum atomic E-state index is 5.97. The second kappa shape index (κ2) is 4.45. The second-order valence-electron chi connectivity index (χ2n) is 4.99. The van der Waals surface area contributed by atoms with E-state index in [0.29, 0.717) is 13.2 Å². The first-order valence-corrected chi connectivity index (χ1v) is 9.83. The van der Waals surface area contributed by atoms with Gasteiger partial charge in [-0.05, 0) is 23.5 Å². The average Bonchev–Trinajstić information content (AvgIpc) is 2.86. The Morgan fingerprint density at radius 3 is 1.95 bits per heavy atom. The first-order chi connectivity index (χ1) is 9.80. The van der Waals surface area contributed by atoms with Crippen LogP contribution in [0.25, 0.3) is 0 Å². The van der Waals surface area contributed by atoms with Crippen molar-refractivity contribution in [3.8, 4) is 0 Å². The van der Waals surface area contributed by atoms with Gasteiger partial charge in [-0.1, -0.05) is 23.5 Å². The van der Waals surface area contributed by atoms with Gasteiger partial charge in [0.25, 0.3) is 0 Å². The van der Waals surface area contributed by atoms with Gasteiger partial charge >= 0.3 is 0 Å². The molecular weight excluding hydrogens is 336 g/mol. The Morgan fingerprint density at radius 2 is 1.35 bits per heavy atom. The van der Waals surface area contributed by atoms with Crippen LogP contribution in [0.2, 0.25) is 0 Å². The maximum Gasteiger partial charge on any atom is 0.208 e. The van der Waals surface area contributed by atoms with Crippen molar-refractivity contribution in [2.24, 2.45) is 0 Å². The smallest absolute Gasteiger partial charge is 0.208 e. The molecule has 0 aromatic rings. The maximum absolute atomic E-state index is 5.97. The van der Waals surface area contributed by atoms with Crippen molar-refractivity contribution in [1.29, 1.82) is 0 Å². The lowest BCUT2D eigenvalue weighted by molar-refractivity contribution is -0.0645. The number of hydrogen-bond acceptors (Lipinski definition) is 8. The van der Waals surface area contributed by atoms with Gasteiger partial charge in [0.1, 0.15) is 0 Å². The van der Waals surface area contributed by atoms with Gasteiger partial charge in [0.05, 0.1) is 34.9 Å². The van der Waals surface area contributed by atoms with Crippen molar-refractivity contribution in [3.05, 3.63) is 18.7 Å². The first kappa shape index (κ1) is 12.9. The third-order valence-electron chi connectivity index (χ3n) is 3.65. The summed E-state index contributed by atoms with van der Waals surface area (Å²) >= 11 is 7.03. The molecule has 0 aromatic carbocycles. The molecule has 0 N–H and O–H groups in total. The Bertz CT molecular complexity index is 498. The Morgan fingerprint density at radius 1 is 0.750 bits per heavy atom. The molecule has 2 unspecified atom stereocenters. The molecule has 2 atom stereocenters. The summed E-state index contributed by atoms with van der Waals surface area (Å²) in [6.07, 6.45) is 1.96. The molecule has 0 amide bonds. The van der Waals surface area contributed by atoms with Crippen molar-refractivity contribution in [2.75, 3.05) is 26.4 Å². The van der Waals surface area contributed by atoms with Gasteiger partial charge in [0.2, 0.25) is 10.2 Å². The van der Waals surface area contributed by atoms with Crippen molar-refractivity contribution < 1.29 is 18.9 Å². The summed E-state index contributed by atoms with van der Waals surface area (Å²) in [5.41, 5.74) is 0. The fourth-order valence-corrected chi connectivity index (χ4v) is 8.90. The van der Waals surface area contributed by atoms with Crippen molar-refractivity contribution in [2.45, 2.75) is 22.7 Å². The van der Waals surface area contributed by atoms with Crippen LogP contribution in [0.15, 0.2) is 18.7 Å². The van der Waals surface area contributed by atoms with Crippen LogP contribution < -0.4 is 0 Å². The molecule has 5 rings (SSSR count). The van der Waals surface area contributed by atoms with Crippen LogP contribution in [-0.2, 0) is 18.9 Å². The highest BCUT2D eigenvalue weighted by Gasteiger charge is 2.78. The lowest BCUT2D eigenvalue weighted by atomic mass is 10.5. The fourth-order valence-electron chi connectivity index (χ4n) is 2.61. The Labute approximate surface area is 133 Å². The number of rotatable bonds is 0. The molecule has 108 valence electrons. The predicted molar refractivity (Wildman–Crippen MR) is 82.9 cm³/mol. The quantitative estimate of drug-likeness (QED) is 0.659. The lowest BCUT2D eigenvalue weighted by Gasteiger charge is -2.22. The van der Waals surface area contributed by atoms with Crippen LogP contribution in [0.1, 0.15) is 12.8 Å². The molecule has 0 bridgehead atoms. The van der Waals surface area contributed by atoms with E-state index in [1.54, 1.807) is 23.5 Å². The van der Waals surface area contributed by atoms with Crippen molar-refractivity contribution in [3.63, 3.8) is 0 Å². The number of thioether (sulfide) groups is 4. The van der Waals surface area contributed by atoms with E-state index in [1.807, 2.05) is 23.5 Å². The summed E-state index contributed by atoms with van der Waals surface area (Å²) in [7, 11) is 0. The molecule has 1 saturated carbocycles. The molecule has 8 heteroatoms. The fraction of sp³-hybridized carbons (Fsp3) is 0.667. The van der Waals surface area contributed by atoms with Crippen LogP contribution in [0.3, 0.4) is 0 Å². The Hall–Kier alpha value is 0.400.